The molecular formula is C9H12CuN4O3. The normalized spacial score (nSPS) is 11.4. The third kappa shape index (κ3) is 5.48. The molecule has 0 aliphatic rings. The molecule has 1 unspecified atom stereocenters. The van der Waals surface area contributed by atoms with Crippen LogP contribution in [0.15, 0.2) is 12.5 Å². The number of carboxylic acids is 1. The first-order chi connectivity index (χ1) is 7.63. The zero-order valence-electron chi connectivity index (χ0n) is 9.07. The van der Waals surface area contributed by atoms with E-state index in [0.717, 1.165) is 0 Å². The van der Waals surface area contributed by atoms with E-state index in [-0.39, 0.29) is 30.0 Å². The van der Waals surface area contributed by atoms with Crippen molar-refractivity contribution in [3.63, 3.8) is 0 Å². The number of carbonyl (C=O) groups is 2. The van der Waals surface area contributed by atoms with Gasteiger partial charge in [0.05, 0.1) is 18.6 Å². The molecule has 1 atom stereocenters. The van der Waals surface area contributed by atoms with Gasteiger partial charge in [-0.15, -0.1) is 0 Å². The number of nitrogens with one attached hydrogen (secondary N) is 2. The molecule has 0 saturated heterocycles. The van der Waals surface area contributed by atoms with Crippen molar-refractivity contribution in [2.45, 2.75) is 12.5 Å². The standard InChI is InChI=1S/C9H14N4O3.Cu/c1-10-4-8(14)13-7(9(15)16)2-6-3-11-5-12-6;/h3,5,7,10H,2,4H2,1H3,(H3,11,12,13,14,15,16);/q;+2/p-2. The number of carbonyl (C=O) groups excluding carboxylic acids is 2. The summed E-state index contributed by atoms with van der Waals surface area (Å²) in [6, 6.07) is -1.09. The minimum Gasteiger partial charge on any atom is -0.548 e. The Kier molecular flexibility index (Phi) is 7.20. The Morgan fingerprint density at radius 3 is 2.76 bits per heavy atom. The summed E-state index contributed by atoms with van der Waals surface area (Å²) in [4.78, 5) is 29.5. The van der Waals surface area contributed by atoms with Crippen LogP contribution in [0.5, 0.6) is 0 Å². The first kappa shape index (κ1) is 15.6. The average Bonchev–Trinajstić information content (AvgIpc) is 2.69. The molecule has 1 rings (SSSR count). The van der Waals surface area contributed by atoms with Crippen LogP contribution in [0.25, 0.3) is 0 Å². The van der Waals surface area contributed by atoms with Crippen molar-refractivity contribution >= 4 is 11.9 Å². The largest absolute Gasteiger partial charge is 2.00 e. The van der Waals surface area contributed by atoms with E-state index in [0.29, 0.717) is 5.69 Å². The summed E-state index contributed by atoms with van der Waals surface area (Å²) in [7, 11) is 1.59. The van der Waals surface area contributed by atoms with E-state index in [2.05, 4.69) is 20.6 Å². The summed E-state index contributed by atoms with van der Waals surface area (Å²) in [5.41, 5.74) is 0.499. The number of aliphatic carboxylic acids is 1. The van der Waals surface area contributed by atoms with E-state index < -0.39 is 17.9 Å². The summed E-state index contributed by atoms with van der Waals surface area (Å²) in [6.07, 6.45) is 2.83. The minimum absolute atomic E-state index is 0. The molecule has 1 aromatic heterocycles. The van der Waals surface area contributed by atoms with Crippen molar-refractivity contribution in [3.05, 3.63) is 18.2 Å². The molecule has 0 aliphatic heterocycles. The monoisotopic (exact) mass is 287 g/mol. The molecule has 1 radical (unpaired) electrons. The molecule has 0 fully saturated rings. The summed E-state index contributed by atoms with van der Waals surface area (Å²) in [5.74, 6) is -1.75. The van der Waals surface area contributed by atoms with Gasteiger partial charge in [-0.2, -0.15) is 0 Å². The smallest absolute Gasteiger partial charge is 0.548 e. The van der Waals surface area contributed by atoms with Gasteiger partial charge >= 0.3 is 17.1 Å². The SMILES string of the molecule is CNCC(=O)NC(Cc1c[n-]cn1)C(=O)[O-].[Cu+2]. The van der Waals surface area contributed by atoms with Crippen molar-refractivity contribution in [2.75, 3.05) is 13.6 Å². The predicted octanol–water partition coefficient (Wildman–Crippen LogP) is -2.97. The van der Waals surface area contributed by atoms with Crippen molar-refractivity contribution < 1.29 is 31.8 Å². The molecular weight excluding hydrogens is 276 g/mol. The van der Waals surface area contributed by atoms with Crippen LogP contribution in [0, 0.1) is 0 Å². The van der Waals surface area contributed by atoms with Gasteiger partial charge in [0, 0.05) is 0 Å². The number of hydrogen-bond donors (Lipinski definition) is 2. The Morgan fingerprint density at radius 1 is 1.59 bits per heavy atom. The Morgan fingerprint density at radius 2 is 2.29 bits per heavy atom. The number of imidazole rings is 1. The Balaban J connectivity index is 0.00000256. The van der Waals surface area contributed by atoms with Gasteiger partial charge in [-0.1, -0.05) is 18.2 Å². The molecule has 1 heterocycles. The number of hydrogen-bond acceptors (Lipinski definition) is 5. The molecule has 1 amide bonds. The van der Waals surface area contributed by atoms with E-state index in [9.17, 15) is 14.7 Å². The second-order valence-electron chi connectivity index (χ2n) is 3.19. The predicted molar refractivity (Wildman–Crippen MR) is 52.1 cm³/mol. The van der Waals surface area contributed by atoms with Crippen molar-refractivity contribution in [3.8, 4) is 0 Å². The number of likely N-dealkylation sites (N-methyl/N-ethyl adjacent to an activating group) is 1. The van der Waals surface area contributed by atoms with Gasteiger partial charge in [-0.3, -0.25) is 4.79 Å². The van der Waals surface area contributed by atoms with E-state index in [1.54, 1.807) is 7.05 Å². The zero-order chi connectivity index (χ0) is 12.0. The minimum atomic E-state index is -1.34. The molecule has 7 nitrogen and oxygen atoms in total. The van der Waals surface area contributed by atoms with Crippen LogP contribution in [-0.4, -0.2) is 36.5 Å². The number of rotatable bonds is 6. The quantitative estimate of drug-likeness (QED) is 0.541. The summed E-state index contributed by atoms with van der Waals surface area (Å²) < 4.78 is 0. The second-order valence-corrected chi connectivity index (χ2v) is 3.19. The summed E-state index contributed by atoms with van der Waals surface area (Å²) in [6.45, 7) is 0.0521. The maximum Gasteiger partial charge on any atom is 2.00 e. The summed E-state index contributed by atoms with van der Waals surface area (Å²) in [5, 5.41) is 15.7. The van der Waals surface area contributed by atoms with Crippen LogP contribution in [0.1, 0.15) is 5.69 Å². The third-order valence-corrected chi connectivity index (χ3v) is 1.88. The number of amides is 1. The van der Waals surface area contributed by atoms with Crippen molar-refractivity contribution in [1.29, 1.82) is 0 Å². The Bertz CT molecular complexity index is 355. The molecule has 0 aliphatic carbocycles. The fraction of sp³-hybridized carbons (Fsp3) is 0.444. The van der Waals surface area contributed by atoms with Gasteiger partial charge in [0.15, 0.2) is 0 Å². The fourth-order valence-electron chi connectivity index (χ4n) is 1.17. The van der Waals surface area contributed by atoms with Gasteiger partial charge in [0.2, 0.25) is 5.91 Å². The van der Waals surface area contributed by atoms with Crippen molar-refractivity contribution in [1.82, 2.24) is 20.6 Å². The van der Waals surface area contributed by atoms with Crippen LogP contribution in [0.3, 0.4) is 0 Å². The molecule has 97 valence electrons. The average molecular weight is 288 g/mol. The topological polar surface area (TPSA) is 108 Å². The van der Waals surface area contributed by atoms with Gasteiger partial charge in [0.25, 0.3) is 0 Å². The van der Waals surface area contributed by atoms with Crippen molar-refractivity contribution in [2.24, 2.45) is 0 Å². The van der Waals surface area contributed by atoms with E-state index in [1.807, 2.05) is 0 Å². The third-order valence-electron chi connectivity index (χ3n) is 1.88. The van der Waals surface area contributed by atoms with E-state index in [1.165, 1.54) is 12.5 Å². The van der Waals surface area contributed by atoms with E-state index in [4.69, 9.17) is 0 Å². The maximum absolute atomic E-state index is 11.2. The molecule has 0 spiro atoms. The van der Waals surface area contributed by atoms with E-state index >= 15 is 0 Å². The van der Waals surface area contributed by atoms with Crippen LogP contribution in [-0.2, 0) is 33.1 Å². The molecule has 0 saturated carbocycles. The first-order valence-corrected chi connectivity index (χ1v) is 4.70. The van der Waals surface area contributed by atoms with Gasteiger partial charge in [0.1, 0.15) is 0 Å². The number of carboxylic acid groups (broad SMARTS) is 1. The van der Waals surface area contributed by atoms with Gasteiger partial charge in [-0.25, -0.2) is 0 Å². The second kappa shape index (κ2) is 7.83. The Hall–Kier alpha value is -1.37. The molecule has 2 N–H and O–H groups in total. The molecule has 0 bridgehead atoms. The maximum atomic E-state index is 11.2. The summed E-state index contributed by atoms with van der Waals surface area (Å²) >= 11 is 0. The Labute approximate surface area is 109 Å². The first-order valence-electron chi connectivity index (χ1n) is 4.70. The fourth-order valence-corrected chi connectivity index (χ4v) is 1.17. The van der Waals surface area contributed by atoms with Crippen LogP contribution in [0.4, 0.5) is 0 Å². The zero-order valence-corrected chi connectivity index (χ0v) is 10.0. The molecule has 1 aromatic rings. The van der Waals surface area contributed by atoms with Crippen LogP contribution < -0.4 is 20.7 Å². The van der Waals surface area contributed by atoms with Crippen LogP contribution in [0.2, 0.25) is 0 Å². The van der Waals surface area contributed by atoms with Gasteiger partial charge < -0.3 is 30.5 Å². The van der Waals surface area contributed by atoms with Crippen LogP contribution >= 0.6 is 0 Å². The van der Waals surface area contributed by atoms with Gasteiger partial charge in [-0.05, 0) is 13.5 Å². The number of aromatic nitrogens is 2. The molecule has 17 heavy (non-hydrogen) atoms. The molecule has 8 heteroatoms. The molecule has 0 aromatic carbocycles. The number of nitrogens with zero attached hydrogens (tertiary/aromatic N) is 2.